The second-order valence-electron chi connectivity index (χ2n) is 4.80. The fraction of sp³-hybridized carbons (Fsp3) is 0.357. The zero-order valence-electron chi connectivity index (χ0n) is 11.7. The number of hydrogen-bond donors (Lipinski definition) is 1. The number of nitrogen functional groups attached to an aromatic ring is 1. The van der Waals surface area contributed by atoms with E-state index in [2.05, 4.69) is 23.2 Å². The van der Waals surface area contributed by atoms with Crippen LogP contribution in [0.25, 0.3) is 0 Å². The highest BCUT2D eigenvalue weighted by Crippen LogP contribution is 2.35. The van der Waals surface area contributed by atoms with Gasteiger partial charge in [-0.2, -0.15) is 5.26 Å². The standard InChI is InChI=1S/C14H17N5S/c1-9(2)19-13(16)17-18-14(19)20-10(3)12-6-4-5-11(7-12)8-15/h4-7,9-10H,1-3H3,(H2,16,17)/t10-/m0/s1. The summed E-state index contributed by atoms with van der Waals surface area (Å²) in [5.74, 6) is 0.431. The molecule has 0 saturated carbocycles. The minimum Gasteiger partial charge on any atom is -0.368 e. The molecule has 0 amide bonds. The van der Waals surface area contributed by atoms with Gasteiger partial charge in [0, 0.05) is 11.3 Å². The van der Waals surface area contributed by atoms with Crippen molar-refractivity contribution in [2.45, 2.75) is 37.2 Å². The molecule has 0 unspecified atom stereocenters. The molecule has 2 N–H and O–H groups in total. The van der Waals surface area contributed by atoms with E-state index in [0.717, 1.165) is 10.7 Å². The Balaban J connectivity index is 2.24. The third-order valence-corrected chi connectivity index (χ3v) is 4.09. The molecule has 2 rings (SSSR count). The van der Waals surface area contributed by atoms with Gasteiger partial charge in [0.15, 0.2) is 5.16 Å². The van der Waals surface area contributed by atoms with E-state index in [0.29, 0.717) is 11.5 Å². The first-order valence-corrected chi connectivity index (χ1v) is 7.28. The molecule has 0 aliphatic rings. The van der Waals surface area contributed by atoms with Crippen molar-refractivity contribution in [3.63, 3.8) is 0 Å². The van der Waals surface area contributed by atoms with Crippen LogP contribution in [-0.2, 0) is 0 Å². The largest absolute Gasteiger partial charge is 0.368 e. The van der Waals surface area contributed by atoms with Gasteiger partial charge in [-0.1, -0.05) is 23.9 Å². The number of nitrogens with zero attached hydrogens (tertiary/aromatic N) is 4. The molecule has 2 aromatic rings. The molecule has 1 heterocycles. The first kappa shape index (κ1) is 14.4. The third-order valence-electron chi connectivity index (χ3n) is 2.97. The Bertz CT molecular complexity index is 641. The van der Waals surface area contributed by atoms with E-state index in [-0.39, 0.29) is 11.3 Å². The lowest BCUT2D eigenvalue weighted by atomic mass is 10.1. The number of hydrogen-bond acceptors (Lipinski definition) is 5. The predicted molar refractivity (Wildman–Crippen MR) is 80.2 cm³/mol. The highest BCUT2D eigenvalue weighted by atomic mass is 32.2. The van der Waals surface area contributed by atoms with Gasteiger partial charge in [-0.3, -0.25) is 4.57 Å². The van der Waals surface area contributed by atoms with E-state index < -0.39 is 0 Å². The highest BCUT2D eigenvalue weighted by Gasteiger charge is 2.17. The average Bonchev–Trinajstić information content (AvgIpc) is 2.79. The summed E-state index contributed by atoms with van der Waals surface area (Å²) in [7, 11) is 0. The third kappa shape index (κ3) is 2.94. The SMILES string of the molecule is CC(C)n1c(N)nnc1S[C@@H](C)c1cccc(C#N)c1. The summed E-state index contributed by atoms with van der Waals surface area (Å²) in [6.07, 6.45) is 0. The Kier molecular flexibility index (Phi) is 4.30. The number of benzene rings is 1. The second-order valence-corrected chi connectivity index (χ2v) is 6.11. The summed E-state index contributed by atoms with van der Waals surface area (Å²) in [5.41, 5.74) is 7.59. The lowest BCUT2D eigenvalue weighted by Crippen LogP contribution is -2.07. The van der Waals surface area contributed by atoms with Gasteiger partial charge in [0.1, 0.15) is 0 Å². The maximum atomic E-state index is 8.95. The average molecular weight is 287 g/mol. The molecule has 0 radical (unpaired) electrons. The number of nitriles is 1. The summed E-state index contributed by atoms with van der Waals surface area (Å²) in [6.45, 7) is 6.17. The van der Waals surface area contributed by atoms with Crippen molar-refractivity contribution < 1.29 is 0 Å². The van der Waals surface area contributed by atoms with Crippen LogP contribution in [0.3, 0.4) is 0 Å². The lowest BCUT2D eigenvalue weighted by Gasteiger charge is -2.15. The molecule has 0 saturated heterocycles. The van der Waals surface area contributed by atoms with Crippen LogP contribution in [0.1, 0.15) is 43.2 Å². The Morgan fingerprint density at radius 1 is 1.30 bits per heavy atom. The zero-order valence-corrected chi connectivity index (χ0v) is 12.6. The van der Waals surface area contributed by atoms with Gasteiger partial charge < -0.3 is 5.73 Å². The molecule has 20 heavy (non-hydrogen) atoms. The Morgan fingerprint density at radius 3 is 2.70 bits per heavy atom. The normalized spacial score (nSPS) is 12.3. The molecule has 0 aliphatic heterocycles. The fourth-order valence-corrected chi connectivity index (χ4v) is 3.05. The molecule has 0 fully saturated rings. The molecule has 0 spiro atoms. The molecular weight excluding hydrogens is 270 g/mol. The zero-order chi connectivity index (χ0) is 14.7. The van der Waals surface area contributed by atoms with Crippen molar-refractivity contribution in [1.82, 2.24) is 14.8 Å². The molecular formula is C14H17N5S. The number of anilines is 1. The van der Waals surface area contributed by atoms with Gasteiger partial charge >= 0.3 is 0 Å². The number of aromatic nitrogens is 3. The first-order chi connectivity index (χ1) is 9.52. The smallest absolute Gasteiger partial charge is 0.222 e. The molecule has 1 aromatic heterocycles. The van der Waals surface area contributed by atoms with Crippen molar-refractivity contribution in [3.8, 4) is 6.07 Å². The maximum absolute atomic E-state index is 8.95. The van der Waals surface area contributed by atoms with Crippen molar-refractivity contribution >= 4 is 17.7 Å². The second kappa shape index (κ2) is 5.97. The van der Waals surface area contributed by atoms with Crippen molar-refractivity contribution in [1.29, 1.82) is 5.26 Å². The first-order valence-electron chi connectivity index (χ1n) is 6.40. The van der Waals surface area contributed by atoms with Gasteiger partial charge in [-0.05, 0) is 38.5 Å². The van der Waals surface area contributed by atoms with E-state index in [1.807, 2.05) is 36.6 Å². The summed E-state index contributed by atoms with van der Waals surface area (Å²) in [4.78, 5) is 0. The van der Waals surface area contributed by atoms with Gasteiger partial charge in [0.2, 0.25) is 5.95 Å². The van der Waals surface area contributed by atoms with Gasteiger partial charge in [0.05, 0.1) is 11.6 Å². The predicted octanol–water partition coefficient (Wildman–Crippen LogP) is 3.17. The minimum absolute atomic E-state index is 0.171. The van der Waals surface area contributed by atoms with Crippen molar-refractivity contribution in [2.75, 3.05) is 5.73 Å². The topological polar surface area (TPSA) is 80.5 Å². The Labute approximate surface area is 122 Å². The van der Waals surface area contributed by atoms with E-state index in [1.165, 1.54) is 0 Å². The maximum Gasteiger partial charge on any atom is 0.222 e. The van der Waals surface area contributed by atoms with Crippen LogP contribution < -0.4 is 5.73 Å². The molecule has 104 valence electrons. The van der Waals surface area contributed by atoms with Crippen molar-refractivity contribution in [2.24, 2.45) is 0 Å². The molecule has 1 aromatic carbocycles. The van der Waals surface area contributed by atoms with Crippen LogP contribution in [0.15, 0.2) is 29.4 Å². The van der Waals surface area contributed by atoms with E-state index in [9.17, 15) is 0 Å². The lowest BCUT2D eigenvalue weighted by molar-refractivity contribution is 0.556. The number of rotatable bonds is 4. The van der Waals surface area contributed by atoms with Gasteiger partial charge in [-0.25, -0.2) is 0 Å². The number of thioether (sulfide) groups is 1. The van der Waals surface area contributed by atoms with Crippen LogP contribution in [0.2, 0.25) is 0 Å². The van der Waals surface area contributed by atoms with Crippen LogP contribution in [0.5, 0.6) is 0 Å². The van der Waals surface area contributed by atoms with Gasteiger partial charge in [0.25, 0.3) is 0 Å². The molecule has 5 nitrogen and oxygen atoms in total. The summed E-state index contributed by atoms with van der Waals surface area (Å²) >= 11 is 1.59. The van der Waals surface area contributed by atoms with E-state index in [4.69, 9.17) is 11.0 Å². The van der Waals surface area contributed by atoms with E-state index in [1.54, 1.807) is 17.8 Å². The van der Waals surface area contributed by atoms with Crippen LogP contribution in [-0.4, -0.2) is 14.8 Å². The summed E-state index contributed by atoms with van der Waals surface area (Å²) < 4.78 is 1.91. The van der Waals surface area contributed by atoms with E-state index >= 15 is 0 Å². The van der Waals surface area contributed by atoms with Crippen LogP contribution in [0, 0.1) is 11.3 Å². The number of nitrogens with two attached hydrogens (primary N) is 1. The van der Waals surface area contributed by atoms with Crippen LogP contribution in [0.4, 0.5) is 5.95 Å². The molecule has 0 bridgehead atoms. The summed E-state index contributed by atoms with van der Waals surface area (Å²) in [5, 5.41) is 18.0. The molecule has 0 aliphatic carbocycles. The Hall–Kier alpha value is -2.00. The fourth-order valence-electron chi connectivity index (χ4n) is 1.94. The van der Waals surface area contributed by atoms with Crippen LogP contribution >= 0.6 is 11.8 Å². The minimum atomic E-state index is 0.171. The quantitative estimate of drug-likeness (QED) is 0.874. The molecule has 1 atom stereocenters. The summed E-state index contributed by atoms with van der Waals surface area (Å²) in [6, 6.07) is 9.98. The molecule has 6 heteroatoms. The highest BCUT2D eigenvalue weighted by molar-refractivity contribution is 7.99. The Morgan fingerprint density at radius 2 is 2.05 bits per heavy atom. The monoisotopic (exact) mass is 287 g/mol. The van der Waals surface area contributed by atoms with Gasteiger partial charge in [-0.15, -0.1) is 10.2 Å². The van der Waals surface area contributed by atoms with Crippen molar-refractivity contribution in [3.05, 3.63) is 35.4 Å².